The second kappa shape index (κ2) is 9.66. The van der Waals surface area contributed by atoms with Gasteiger partial charge in [-0.2, -0.15) is 5.10 Å². The van der Waals surface area contributed by atoms with Crippen LogP contribution < -0.4 is 15.2 Å². The molecule has 178 valence electrons. The minimum absolute atomic E-state index is 0.0208. The van der Waals surface area contributed by atoms with Gasteiger partial charge in [0.15, 0.2) is 0 Å². The van der Waals surface area contributed by atoms with Crippen LogP contribution in [0.1, 0.15) is 40.7 Å². The number of fused-ring (bicyclic) bond motifs is 1. The highest BCUT2D eigenvalue weighted by Gasteiger charge is 2.20. The first-order valence-corrected chi connectivity index (χ1v) is 12.0. The van der Waals surface area contributed by atoms with Gasteiger partial charge in [0.1, 0.15) is 0 Å². The molecule has 1 aromatic heterocycles. The van der Waals surface area contributed by atoms with Crippen molar-refractivity contribution in [3.05, 3.63) is 95.7 Å². The van der Waals surface area contributed by atoms with Gasteiger partial charge in [0.25, 0.3) is 5.91 Å². The van der Waals surface area contributed by atoms with Gasteiger partial charge < -0.3 is 15.2 Å². The number of carbonyl (C=O) groups is 1. The Morgan fingerprint density at radius 3 is 2.49 bits per heavy atom. The summed E-state index contributed by atoms with van der Waals surface area (Å²) < 4.78 is 0. The van der Waals surface area contributed by atoms with Crippen LogP contribution in [-0.4, -0.2) is 43.8 Å². The number of para-hydroxylation sites is 1. The Balaban J connectivity index is 1.37. The zero-order chi connectivity index (χ0) is 24.4. The molecule has 0 aliphatic carbocycles. The number of carbonyl (C=O) groups excluding carboxylic acids is 1. The average Bonchev–Trinajstić information content (AvgIpc) is 3.51. The quantitative estimate of drug-likeness (QED) is 0.385. The number of H-pyrrole nitrogens is 1. The lowest BCUT2D eigenvalue weighted by Gasteiger charge is -2.20. The summed E-state index contributed by atoms with van der Waals surface area (Å²) in [5.74, 6) is -0.0556. The van der Waals surface area contributed by atoms with Gasteiger partial charge in [-0.1, -0.05) is 30.3 Å². The minimum atomic E-state index is -0.0765. The lowest BCUT2D eigenvalue weighted by Crippen LogP contribution is -2.29. The van der Waals surface area contributed by atoms with Gasteiger partial charge >= 0.3 is 0 Å². The smallest absolute Gasteiger partial charge is 0.251 e. The maximum absolute atomic E-state index is 13.1. The van der Waals surface area contributed by atoms with Crippen LogP contribution in [0, 0.1) is 0 Å². The number of aromatic amines is 1. The van der Waals surface area contributed by atoms with Crippen molar-refractivity contribution in [1.29, 1.82) is 0 Å². The van der Waals surface area contributed by atoms with Crippen LogP contribution in [0.5, 0.6) is 0 Å². The molecule has 0 spiro atoms. The zero-order valence-electron chi connectivity index (χ0n) is 20.5. The Bertz CT molecular complexity index is 1350. The number of nitrogens with one attached hydrogen (secondary N) is 2. The van der Waals surface area contributed by atoms with Crippen LogP contribution in [0.3, 0.4) is 0 Å². The van der Waals surface area contributed by atoms with E-state index in [1.165, 1.54) is 16.5 Å². The number of rotatable bonds is 7. The summed E-state index contributed by atoms with van der Waals surface area (Å²) in [5.41, 5.74) is 7.38. The lowest BCUT2D eigenvalue weighted by molar-refractivity contribution is 0.0952. The summed E-state index contributed by atoms with van der Waals surface area (Å²) in [6, 6.07) is 24.5. The Kier molecular flexibility index (Phi) is 6.27. The molecule has 6 nitrogen and oxygen atoms in total. The van der Waals surface area contributed by atoms with E-state index in [0.717, 1.165) is 35.6 Å². The third kappa shape index (κ3) is 4.78. The van der Waals surface area contributed by atoms with Crippen molar-refractivity contribution in [3.63, 3.8) is 0 Å². The molecule has 2 N–H and O–H groups in total. The number of aromatic nitrogens is 1. The maximum Gasteiger partial charge on any atom is 0.251 e. The van der Waals surface area contributed by atoms with Crippen LogP contribution in [0.15, 0.2) is 84.1 Å². The molecule has 0 saturated carbocycles. The highest BCUT2D eigenvalue weighted by Crippen LogP contribution is 2.31. The molecule has 4 aromatic rings. The summed E-state index contributed by atoms with van der Waals surface area (Å²) in [6.07, 6.45) is 3.04. The summed E-state index contributed by atoms with van der Waals surface area (Å²) >= 11 is 0. The second-order valence-electron chi connectivity index (χ2n) is 9.29. The standard InChI is InChI=1S/C29H31N5O/c1-20-16-17-34(32-20)24-14-10-22(11-15-24)29(35)31-18-26(21-8-12-23(13-9-21)33(2)3)27-19-30-28-7-5-4-6-25(27)28/h4-15,19,26,30H,16-18H2,1-3H3,(H,31,35). The molecular weight excluding hydrogens is 434 g/mol. The third-order valence-electron chi connectivity index (χ3n) is 6.68. The number of benzene rings is 3. The largest absolute Gasteiger partial charge is 0.378 e. The predicted octanol–water partition coefficient (Wildman–Crippen LogP) is 5.38. The van der Waals surface area contributed by atoms with Crippen molar-refractivity contribution < 1.29 is 4.79 Å². The topological polar surface area (TPSA) is 63.7 Å². The monoisotopic (exact) mass is 465 g/mol. The number of nitrogens with zero attached hydrogens (tertiary/aromatic N) is 3. The van der Waals surface area contributed by atoms with E-state index < -0.39 is 0 Å². The first-order chi connectivity index (χ1) is 17.0. The van der Waals surface area contributed by atoms with Gasteiger partial charge in [-0.05, 0) is 60.5 Å². The highest BCUT2D eigenvalue weighted by atomic mass is 16.1. The number of anilines is 2. The number of hydrogen-bond donors (Lipinski definition) is 2. The Hall–Kier alpha value is -4.06. The molecule has 3 aromatic carbocycles. The number of hydrogen-bond acceptors (Lipinski definition) is 4. The molecular formula is C29H31N5O. The Morgan fingerprint density at radius 2 is 1.80 bits per heavy atom. The van der Waals surface area contributed by atoms with Gasteiger partial charge in [-0.3, -0.25) is 9.80 Å². The van der Waals surface area contributed by atoms with E-state index in [9.17, 15) is 4.79 Å². The SMILES string of the molecule is CC1=NN(c2ccc(C(=O)NCC(c3ccc(N(C)C)cc3)c3c[nH]c4ccccc34)cc2)CC1. The van der Waals surface area contributed by atoms with Crippen molar-refractivity contribution in [2.24, 2.45) is 5.10 Å². The molecule has 0 bridgehead atoms. The number of amides is 1. The molecule has 35 heavy (non-hydrogen) atoms. The third-order valence-corrected chi connectivity index (χ3v) is 6.68. The predicted molar refractivity (Wildman–Crippen MR) is 145 cm³/mol. The fraction of sp³-hybridized carbons (Fsp3) is 0.241. The van der Waals surface area contributed by atoms with E-state index in [2.05, 4.69) is 69.0 Å². The van der Waals surface area contributed by atoms with Crippen LogP contribution >= 0.6 is 0 Å². The Labute approximate surface area is 206 Å². The fourth-order valence-electron chi connectivity index (χ4n) is 4.64. The fourth-order valence-corrected chi connectivity index (χ4v) is 4.64. The molecule has 6 heteroatoms. The van der Waals surface area contributed by atoms with E-state index in [4.69, 9.17) is 0 Å². The summed E-state index contributed by atoms with van der Waals surface area (Å²) in [6.45, 7) is 3.43. The molecule has 0 radical (unpaired) electrons. The number of hydrazone groups is 1. The van der Waals surface area contributed by atoms with Crippen molar-refractivity contribution in [2.45, 2.75) is 19.3 Å². The van der Waals surface area contributed by atoms with Crippen LogP contribution in [-0.2, 0) is 0 Å². The first kappa shape index (κ1) is 22.7. The van der Waals surface area contributed by atoms with E-state index in [1.54, 1.807) is 0 Å². The zero-order valence-corrected chi connectivity index (χ0v) is 20.5. The highest BCUT2D eigenvalue weighted by molar-refractivity contribution is 5.95. The molecule has 0 fully saturated rings. The van der Waals surface area contributed by atoms with Gasteiger partial charge in [0, 0.05) is 73.6 Å². The molecule has 1 unspecified atom stereocenters. The second-order valence-corrected chi connectivity index (χ2v) is 9.29. The maximum atomic E-state index is 13.1. The van der Waals surface area contributed by atoms with E-state index >= 15 is 0 Å². The van der Waals surface area contributed by atoms with Crippen molar-refractivity contribution >= 4 is 33.9 Å². The van der Waals surface area contributed by atoms with Gasteiger partial charge in [0.2, 0.25) is 0 Å². The minimum Gasteiger partial charge on any atom is -0.378 e. The van der Waals surface area contributed by atoms with Crippen molar-refractivity contribution in [2.75, 3.05) is 37.1 Å². The summed E-state index contributed by atoms with van der Waals surface area (Å²) in [4.78, 5) is 18.6. The molecule has 1 atom stereocenters. The lowest BCUT2D eigenvalue weighted by atomic mass is 9.90. The first-order valence-electron chi connectivity index (χ1n) is 12.0. The molecule has 0 saturated heterocycles. The van der Waals surface area contributed by atoms with E-state index in [0.29, 0.717) is 12.1 Å². The van der Waals surface area contributed by atoms with Gasteiger partial charge in [-0.15, -0.1) is 0 Å². The molecule has 2 heterocycles. The van der Waals surface area contributed by atoms with E-state index in [1.807, 2.05) is 56.4 Å². The van der Waals surface area contributed by atoms with Gasteiger partial charge in [-0.25, -0.2) is 0 Å². The van der Waals surface area contributed by atoms with E-state index in [-0.39, 0.29) is 11.8 Å². The molecule has 5 rings (SSSR count). The molecule has 1 aliphatic rings. The normalized spacial score (nSPS) is 14.1. The van der Waals surface area contributed by atoms with Crippen LogP contribution in [0.4, 0.5) is 11.4 Å². The van der Waals surface area contributed by atoms with Crippen molar-refractivity contribution in [3.8, 4) is 0 Å². The average molecular weight is 466 g/mol. The molecule has 1 aliphatic heterocycles. The van der Waals surface area contributed by atoms with Gasteiger partial charge in [0.05, 0.1) is 5.69 Å². The van der Waals surface area contributed by atoms with Crippen molar-refractivity contribution in [1.82, 2.24) is 10.3 Å². The summed E-state index contributed by atoms with van der Waals surface area (Å²) in [7, 11) is 4.07. The molecule has 1 amide bonds. The van der Waals surface area contributed by atoms with Crippen LogP contribution in [0.25, 0.3) is 10.9 Å². The van der Waals surface area contributed by atoms with Crippen LogP contribution in [0.2, 0.25) is 0 Å². The Morgan fingerprint density at radius 1 is 1.06 bits per heavy atom. The summed E-state index contributed by atoms with van der Waals surface area (Å²) in [5, 5.41) is 10.9.